The Morgan fingerprint density at radius 3 is 2.55 bits per heavy atom. The number of rotatable bonds is 6. The highest BCUT2D eigenvalue weighted by Crippen LogP contribution is 2.29. The molecule has 0 aliphatic carbocycles. The number of nitrogens with zero attached hydrogens (tertiary/aromatic N) is 4. The number of hydrazone groups is 1. The highest BCUT2D eigenvalue weighted by Gasteiger charge is 2.30. The van der Waals surface area contributed by atoms with E-state index in [0.29, 0.717) is 5.69 Å². The summed E-state index contributed by atoms with van der Waals surface area (Å²) in [6.07, 6.45) is -3.34. The fourth-order valence-electron chi connectivity index (χ4n) is 2.70. The Hall–Kier alpha value is -4.02. The number of alkyl halides is 3. The summed E-state index contributed by atoms with van der Waals surface area (Å²) in [5.41, 5.74) is 3.31. The average molecular weight is 431 g/mol. The monoisotopic (exact) mass is 431 g/mol. The van der Waals surface area contributed by atoms with Crippen molar-refractivity contribution in [3.05, 3.63) is 92.7 Å². The van der Waals surface area contributed by atoms with Crippen LogP contribution < -0.4 is 5.43 Å². The predicted octanol–water partition coefficient (Wildman–Crippen LogP) is 3.93. The molecule has 2 aromatic carbocycles. The summed E-state index contributed by atoms with van der Waals surface area (Å²) in [5, 5.41) is 18.4. The quantitative estimate of drug-likeness (QED) is 0.363. The number of halogens is 3. The number of hydrogen-bond acceptors (Lipinski definition) is 5. The van der Waals surface area contributed by atoms with Crippen molar-refractivity contribution in [2.45, 2.75) is 19.6 Å². The normalized spacial score (nSPS) is 11.6. The van der Waals surface area contributed by atoms with Crippen molar-refractivity contribution < 1.29 is 22.9 Å². The number of carbonyl (C=O) groups is 1. The van der Waals surface area contributed by atoms with Crippen molar-refractivity contribution in [2.24, 2.45) is 5.10 Å². The minimum atomic E-state index is -4.46. The van der Waals surface area contributed by atoms with E-state index in [9.17, 15) is 28.1 Å². The third-order valence-corrected chi connectivity index (χ3v) is 4.30. The molecule has 0 aliphatic rings. The Labute approximate surface area is 174 Å². The maximum absolute atomic E-state index is 12.7. The Bertz CT molecular complexity index is 1140. The van der Waals surface area contributed by atoms with Crippen LogP contribution in [0.5, 0.6) is 0 Å². The highest BCUT2D eigenvalue weighted by atomic mass is 19.4. The highest BCUT2D eigenvalue weighted by molar-refractivity contribution is 5.94. The van der Waals surface area contributed by atoms with E-state index in [1.807, 2.05) is 0 Å². The van der Waals surface area contributed by atoms with Gasteiger partial charge in [0.05, 0.1) is 35.2 Å². The van der Waals surface area contributed by atoms with Gasteiger partial charge in [0.1, 0.15) is 0 Å². The Kier molecular flexibility index (Phi) is 6.14. The fourth-order valence-corrected chi connectivity index (χ4v) is 2.70. The minimum Gasteiger partial charge on any atom is -0.358 e. The third kappa shape index (κ3) is 5.53. The largest absolute Gasteiger partial charge is 0.416 e. The molecule has 0 bridgehead atoms. The van der Waals surface area contributed by atoms with Crippen LogP contribution in [0.4, 0.5) is 19.0 Å². The van der Waals surface area contributed by atoms with Crippen molar-refractivity contribution in [3.8, 4) is 0 Å². The van der Waals surface area contributed by atoms with Crippen LogP contribution in [-0.4, -0.2) is 26.8 Å². The van der Waals surface area contributed by atoms with Crippen LogP contribution >= 0.6 is 0 Å². The first kappa shape index (κ1) is 21.7. The molecule has 160 valence electrons. The molecule has 0 aliphatic heterocycles. The van der Waals surface area contributed by atoms with Gasteiger partial charge in [-0.05, 0) is 47.2 Å². The van der Waals surface area contributed by atoms with E-state index in [4.69, 9.17) is 0 Å². The van der Waals surface area contributed by atoms with Crippen LogP contribution in [0, 0.1) is 17.0 Å². The molecule has 0 fully saturated rings. The van der Waals surface area contributed by atoms with Crippen molar-refractivity contribution in [1.29, 1.82) is 0 Å². The Morgan fingerprint density at radius 1 is 1.23 bits per heavy atom. The maximum Gasteiger partial charge on any atom is 0.416 e. The van der Waals surface area contributed by atoms with Crippen molar-refractivity contribution in [1.82, 2.24) is 15.2 Å². The summed E-state index contributed by atoms with van der Waals surface area (Å²) in [4.78, 5) is 22.4. The number of nitrogens with one attached hydrogen (secondary N) is 1. The lowest BCUT2D eigenvalue weighted by atomic mass is 10.1. The van der Waals surface area contributed by atoms with Gasteiger partial charge in [0.2, 0.25) is 0 Å². The predicted molar refractivity (Wildman–Crippen MR) is 106 cm³/mol. The van der Waals surface area contributed by atoms with Crippen LogP contribution in [-0.2, 0) is 12.7 Å². The van der Waals surface area contributed by atoms with Gasteiger partial charge in [0.25, 0.3) is 5.91 Å². The molecule has 3 aromatic rings. The van der Waals surface area contributed by atoms with Gasteiger partial charge in [-0.25, -0.2) is 5.43 Å². The molecule has 31 heavy (non-hydrogen) atoms. The topological polar surface area (TPSA) is 102 Å². The lowest BCUT2D eigenvalue weighted by Gasteiger charge is -2.06. The standard InChI is InChI=1S/C20H16F3N5O3/c1-13-9-18(28(30)31)26-27(13)12-14-5-7-16(8-6-14)19(29)25-24-11-15-3-2-4-17(10-15)20(21,22)23/h2-11H,12H2,1H3,(H,25,29)/b24-11-. The molecule has 0 saturated carbocycles. The second-order valence-electron chi connectivity index (χ2n) is 6.58. The molecular formula is C20H16F3N5O3. The number of aryl methyl sites for hydroxylation is 1. The number of amides is 1. The zero-order chi connectivity index (χ0) is 22.6. The van der Waals surface area contributed by atoms with E-state index in [1.165, 1.54) is 35.0 Å². The van der Waals surface area contributed by atoms with E-state index in [-0.39, 0.29) is 23.5 Å². The molecule has 1 amide bonds. The van der Waals surface area contributed by atoms with E-state index in [0.717, 1.165) is 23.9 Å². The van der Waals surface area contributed by atoms with E-state index in [2.05, 4.69) is 15.6 Å². The van der Waals surface area contributed by atoms with E-state index in [1.54, 1.807) is 19.1 Å². The van der Waals surface area contributed by atoms with Gasteiger partial charge in [-0.1, -0.05) is 24.3 Å². The number of benzene rings is 2. The van der Waals surface area contributed by atoms with Crippen molar-refractivity contribution in [2.75, 3.05) is 0 Å². The van der Waals surface area contributed by atoms with Gasteiger partial charge < -0.3 is 10.1 Å². The molecule has 1 aromatic heterocycles. The summed E-state index contributed by atoms with van der Waals surface area (Å²) in [7, 11) is 0. The van der Waals surface area contributed by atoms with E-state index < -0.39 is 22.6 Å². The Morgan fingerprint density at radius 2 is 1.94 bits per heavy atom. The summed E-state index contributed by atoms with van der Waals surface area (Å²) in [5.74, 6) is -0.784. The first-order valence-electron chi connectivity index (χ1n) is 8.92. The van der Waals surface area contributed by atoms with Crippen molar-refractivity contribution in [3.63, 3.8) is 0 Å². The number of carbonyl (C=O) groups excluding carboxylic acids is 1. The van der Waals surface area contributed by atoms with Gasteiger partial charge in [-0.2, -0.15) is 23.0 Å². The molecule has 1 heterocycles. The summed E-state index contributed by atoms with van der Waals surface area (Å²) < 4.78 is 39.6. The summed E-state index contributed by atoms with van der Waals surface area (Å²) in [6, 6.07) is 12.3. The summed E-state index contributed by atoms with van der Waals surface area (Å²) >= 11 is 0. The fraction of sp³-hybridized carbons (Fsp3) is 0.150. The van der Waals surface area contributed by atoms with Gasteiger partial charge in [0.15, 0.2) is 0 Å². The van der Waals surface area contributed by atoms with Crippen LogP contribution in [0.3, 0.4) is 0 Å². The number of aromatic nitrogens is 2. The lowest BCUT2D eigenvalue weighted by Crippen LogP contribution is -2.17. The zero-order valence-electron chi connectivity index (χ0n) is 16.1. The molecule has 0 unspecified atom stereocenters. The SMILES string of the molecule is Cc1cc([N+](=O)[O-])nn1Cc1ccc(C(=O)N/N=C\c2cccc(C(F)(F)F)c2)cc1. The molecule has 0 radical (unpaired) electrons. The molecule has 0 atom stereocenters. The van der Waals surface area contributed by atoms with Crippen molar-refractivity contribution >= 4 is 17.9 Å². The van der Waals surface area contributed by atoms with Crippen LogP contribution in [0.2, 0.25) is 0 Å². The zero-order valence-corrected chi connectivity index (χ0v) is 16.1. The molecule has 3 rings (SSSR count). The molecule has 0 spiro atoms. The number of hydrogen-bond donors (Lipinski definition) is 1. The average Bonchev–Trinajstić information content (AvgIpc) is 3.09. The molecule has 8 nitrogen and oxygen atoms in total. The van der Waals surface area contributed by atoms with Crippen LogP contribution in [0.15, 0.2) is 59.7 Å². The summed E-state index contributed by atoms with van der Waals surface area (Å²) in [6.45, 7) is 1.99. The van der Waals surface area contributed by atoms with Gasteiger partial charge in [-0.3, -0.25) is 4.79 Å². The second-order valence-corrected chi connectivity index (χ2v) is 6.58. The van der Waals surface area contributed by atoms with E-state index >= 15 is 0 Å². The van der Waals surface area contributed by atoms with Gasteiger partial charge in [0, 0.05) is 5.56 Å². The number of nitro groups is 1. The minimum absolute atomic E-state index is 0.189. The second kappa shape index (κ2) is 8.78. The molecule has 0 saturated heterocycles. The van der Waals surface area contributed by atoms with Gasteiger partial charge in [-0.15, -0.1) is 0 Å². The molecular weight excluding hydrogens is 415 g/mol. The Balaban J connectivity index is 1.62. The first-order valence-corrected chi connectivity index (χ1v) is 8.92. The smallest absolute Gasteiger partial charge is 0.358 e. The first-order chi connectivity index (χ1) is 14.6. The molecule has 1 N–H and O–H groups in total. The third-order valence-electron chi connectivity index (χ3n) is 4.30. The van der Waals surface area contributed by atoms with Gasteiger partial charge >= 0.3 is 12.0 Å². The molecule has 11 heteroatoms. The van der Waals surface area contributed by atoms with Crippen LogP contribution in [0.1, 0.15) is 32.7 Å². The van der Waals surface area contributed by atoms with Crippen LogP contribution in [0.25, 0.3) is 0 Å². The maximum atomic E-state index is 12.7. The lowest BCUT2D eigenvalue weighted by molar-refractivity contribution is -0.389.